The van der Waals surface area contributed by atoms with Gasteiger partial charge in [-0.05, 0) is 11.6 Å². The van der Waals surface area contributed by atoms with Crippen molar-refractivity contribution in [1.82, 2.24) is 0 Å². The van der Waals surface area contributed by atoms with Crippen LogP contribution >= 0.6 is 0 Å². The van der Waals surface area contributed by atoms with Gasteiger partial charge in [0.15, 0.2) is 11.9 Å². The van der Waals surface area contributed by atoms with Crippen LogP contribution < -0.4 is 0 Å². The Morgan fingerprint density at radius 2 is 1.80 bits per heavy atom. The lowest BCUT2D eigenvalue weighted by molar-refractivity contribution is -0.313. The van der Waals surface area contributed by atoms with E-state index in [0.29, 0.717) is 0 Å². The van der Waals surface area contributed by atoms with Gasteiger partial charge in [0.2, 0.25) is 0 Å². The molecule has 1 heterocycles. The Hall–Kier alpha value is -1.28. The van der Waals surface area contributed by atoms with Crippen LogP contribution in [0, 0.1) is 0 Å². The third-order valence-corrected chi connectivity index (χ3v) is 3.40. The molecule has 110 valence electrons. The number of aliphatic hydroxyl groups is 5. The molecule has 0 saturated carbocycles. The average molecular weight is 282 g/mol. The molecule has 0 bridgehead atoms. The van der Waals surface area contributed by atoms with E-state index < -0.39 is 36.8 Å². The van der Waals surface area contributed by atoms with Gasteiger partial charge in [-0.1, -0.05) is 36.4 Å². The first-order valence-electron chi connectivity index (χ1n) is 6.26. The van der Waals surface area contributed by atoms with Gasteiger partial charge in [0.1, 0.15) is 18.3 Å². The van der Waals surface area contributed by atoms with Crippen LogP contribution in [0.4, 0.5) is 0 Å². The van der Waals surface area contributed by atoms with E-state index in [0.717, 1.165) is 5.56 Å². The van der Waals surface area contributed by atoms with Gasteiger partial charge in [-0.25, -0.2) is 0 Å². The fraction of sp³-hybridized carbons (Fsp3) is 0.429. The Morgan fingerprint density at radius 1 is 1.15 bits per heavy atom. The number of hydrogen-bond acceptors (Lipinski definition) is 6. The third-order valence-electron chi connectivity index (χ3n) is 3.40. The van der Waals surface area contributed by atoms with Crippen molar-refractivity contribution < 1.29 is 30.3 Å². The Morgan fingerprint density at radius 3 is 2.40 bits per heavy atom. The maximum atomic E-state index is 10.3. The quantitative estimate of drug-likeness (QED) is 0.479. The standard InChI is InChI=1S/C14H18O6/c15-8-10-11(16)12(17)14(19,13(18)20-10)7-6-9-4-2-1-3-5-9/h1-7,10-13,15-19H,8H2/t10-,11-,12+,13-,14-/m1/s1. The first-order chi connectivity index (χ1) is 9.49. The van der Waals surface area contributed by atoms with Crippen LogP contribution in [0.2, 0.25) is 0 Å². The smallest absolute Gasteiger partial charge is 0.190 e. The maximum absolute atomic E-state index is 10.3. The largest absolute Gasteiger partial charge is 0.394 e. The van der Waals surface area contributed by atoms with Crippen LogP contribution in [0.25, 0.3) is 6.08 Å². The van der Waals surface area contributed by atoms with E-state index in [4.69, 9.17) is 9.84 Å². The molecule has 1 aliphatic rings. The van der Waals surface area contributed by atoms with Crippen LogP contribution in [0.1, 0.15) is 5.56 Å². The Balaban J connectivity index is 2.22. The van der Waals surface area contributed by atoms with Crippen molar-refractivity contribution >= 4 is 6.08 Å². The van der Waals surface area contributed by atoms with Crippen molar-refractivity contribution in [2.24, 2.45) is 0 Å². The van der Waals surface area contributed by atoms with Crippen molar-refractivity contribution in [2.45, 2.75) is 30.2 Å². The summed E-state index contributed by atoms with van der Waals surface area (Å²) < 4.78 is 4.92. The molecular formula is C14H18O6. The molecule has 5 N–H and O–H groups in total. The third kappa shape index (κ3) is 2.76. The van der Waals surface area contributed by atoms with Crippen molar-refractivity contribution in [3.63, 3.8) is 0 Å². The normalized spacial score (nSPS) is 38.2. The van der Waals surface area contributed by atoms with Crippen LogP contribution in [0.15, 0.2) is 36.4 Å². The molecule has 5 atom stereocenters. The fourth-order valence-electron chi connectivity index (χ4n) is 2.10. The van der Waals surface area contributed by atoms with E-state index in [-0.39, 0.29) is 0 Å². The van der Waals surface area contributed by atoms with Gasteiger partial charge in [0.25, 0.3) is 0 Å². The molecule has 20 heavy (non-hydrogen) atoms. The number of ether oxygens (including phenoxy) is 1. The minimum absolute atomic E-state index is 0.576. The SMILES string of the molecule is OC[C@H]1O[C@@H](O)[C@@](O)(C=Cc2ccccc2)[C@@H](O)[C@@H]1O. The monoisotopic (exact) mass is 282 g/mol. The summed E-state index contributed by atoms with van der Waals surface area (Å²) in [4.78, 5) is 0. The summed E-state index contributed by atoms with van der Waals surface area (Å²) in [6.07, 6.45) is -3.41. The zero-order chi connectivity index (χ0) is 14.8. The van der Waals surface area contributed by atoms with E-state index >= 15 is 0 Å². The number of rotatable bonds is 3. The minimum Gasteiger partial charge on any atom is -0.394 e. The van der Waals surface area contributed by atoms with Crippen LogP contribution in [0.3, 0.4) is 0 Å². The first kappa shape index (κ1) is 15.1. The highest BCUT2D eigenvalue weighted by molar-refractivity contribution is 5.50. The van der Waals surface area contributed by atoms with Gasteiger partial charge in [-0.2, -0.15) is 0 Å². The number of aliphatic hydroxyl groups excluding tert-OH is 4. The van der Waals surface area contributed by atoms with E-state index in [1.54, 1.807) is 24.3 Å². The maximum Gasteiger partial charge on any atom is 0.190 e. The van der Waals surface area contributed by atoms with Gasteiger partial charge in [-0.15, -0.1) is 0 Å². The number of benzene rings is 1. The van der Waals surface area contributed by atoms with Gasteiger partial charge in [0.05, 0.1) is 6.61 Å². The molecule has 1 aromatic rings. The molecule has 1 aliphatic heterocycles. The second-order valence-electron chi connectivity index (χ2n) is 4.78. The molecule has 0 aliphatic carbocycles. The van der Waals surface area contributed by atoms with Crippen LogP contribution in [0.5, 0.6) is 0 Å². The number of hydrogen-bond donors (Lipinski definition) is 5. The highest BCUT2D eigenvalue weighted by Gasteiger charge is 2.52. The molecule has 0 amide bonds. The summed E-state index contributed by atoms with van der Waals surface area (Å²) >= 11 is 0. The second-order valence-corrected chi connectivity index (χ2v) is 4.78. The summed E-state index contributed by atoms with van der Waals surface area (Å²) in [6.45, 7) is -0.576. The van der Waals surface area contributed by atoms with Gasteiger partial charge >= 0.3 is 0 Å². The van der Waals surface area contributed by atoms with Crippen LogP contribution in [-0.2, 0) is 4.74 Å². The van der Waals surface area contributed by atoms with Gasteiger partial charge in [-0.3, -0.25) is 0 Å². The minimum atomic E-state index is -2.15. The molecule has 0 aromatic heterocycles. The van der Waals surface area contributed by atoms with Crippen molar-refractivity contribution in [3.8, 4) is 0 Å². The molecule has 6 nitrogen and oxygen atoms in total. The summed E-state index contributed by atoms with van der Waals surface area (Å²) in [7, 11) is 0. The lowest BCUT2D eigenvalue weighted by Crippen LogP contribution is -2.65. The summed E-state index contributed by atoms with van der Waals surface area (Å²) in [5.41, 5.74) is -1.40. The fourth-order valence-corrected chi connectivity index (χ4v) is 2.10. The van der Waals surface area contributed by atoms with E-state index in [1.807, 2.05) is 6.07 Å². The lowest BCUT2D eigenvalue weighted by Gasteiger charge is -2.44. The molecule has 2 rings (SSSR count). The Bertz CT molecular complexity index is 462. The second kappa shape index (κ2) is 6.01. The highest BCUT2D eigenvalue weighted by atomic mass is 16.6. The Labute approximate surface area is 116 Å². The molecule has 1 saturated heterocycles. The topological polar surface area (TPSA) is 110 Å². The Kier molecular flexibility index (Phi) is 4.54. The zero-order valence-electron chi connectivity index (χ0n) is 10.7. The van der Waals surface area contributed by atoms with Gasteiger partial charge in [0, 0.05) is 0 Å². The highest BCUT2D eigenvalue weighted by Crippen LogP contribution is 2.30. The van der Waals surface area contributed by atoms with E-state index in [1.165, 1.54) is 12.2 Å². The van der Waals surface area contributed by atoms with Gasteiger partial charge < -0.3 is 30.3 Å². The molecule has 0 spiro atoms. The predicted molar refractivity (Wildman–Crippen MR) is 70.4 cm³/mol. The molecule has 0 unspecified atom stereocenters. The zero-order valence-corrected chi connectivity index (χ0v) is 10.7. The summed E-state index contributed by atoms with van der Waals surface area (Å²) in [6, 6.07) is 8.97. The molecular weight excluding hydrogens is 264 g/mol. The molecule has 1 aromatic carbocycles. The summed E-state index contributed by atoms with van der Waals surface area (Å²) in [5.74, 6) is 0. The molecule has 0 radical (unpaired) electrons. The van der Waals surface area contributed by atoms with Crippen molar-refractivity contribution in [3.05, 3.63) is 42.0 Å². The van der Waals surface area contributed by atoms with Crippen LogP contribution in [-0.4, -0.2) is 62.3 Å². The van der Waals surface area contributed by atoms with Crippen molar-refractivity contribution in [2.75, 3.05) is 6.61 Å². The van der Waals surface area contributed by atoms with E-state index in [2.05, 4.69) is 0 Å². The molecule has 6 heteroatoms. The van der Waals surface area contributed by atoms with Crippen molar-refractivity contribution in [1.29, 1.82) is 0 Å². The first-order valence-corrected chi connectivity index (χ1v) is 6.26. The predicted octanol–water partition coefficient (Wildman–Crippen LogP) is -1.14. The van der Waals surface area contributed by atoms with E-state index in [9.17, 15) is 20.4 Å². The average Bonchev–Trinajstić information content (AvgIpc) is 2.48. The summed E-state index contributed by atoms with van der Waals surface area (Å²) in [5, 5.41) is 48.8. The molecule has 1 fully saturated rings. The lowest BCUT2D eigenvalue weighted by atomic mass is 9.86.